The van der Waals surface area contributed by atoms with Gasteiger partial charge < -0.3 is 20.7 Å². The summed E-state index contributed by atoms with van der Waals surface area (Å²) >= 11 is 0. The normalized spacial score (nSPS) is 10.8. The number of anilines is 3. The van der Waals surface area contributed by atoms with Crippen LogP contribution in [0.4, 0.5) is 45.5 Å². The number of benzene rings is 3. The molecule has 0 atom stereocenters. The van der Waals surface area contributed by atoms with Gasteiger partial charge in [-0.05, 0) is 55.0 Å². The number of carbonyl (C=O) groups is 2. The lowest BCUT2D eigenvalue weighted by Crippen LogP contribution is -2.38. The van der Waals surface area contributed by atoms with Crippen molar-refractivity contribution in [1.29, 1.82) is 0 Å². The third-order valence-corrected chi connectivity index (χ3v) is 5.28. The number of methoxy groups -OCH3 is 1. The van der Waals surface area contributed by atoms with Crippen LogP contribution in [0.5, 0.6) is 5.75 Å². The fraction of sp³-hybridized carbons (Fsp3) is 0.200. The monoisotopic (exact) mass is 531 g/mol. The number of carbonyl (C=O) groups excluding carboxylic acids is 2. The average molecular weight is 531 g/mol. The summed E-state index contributed by atoms with van der Waals surface area (Å²) in [5.74, 6) is 0.571. The molecule has 0 saturated heterocycles. The molecule has 0 unspecified atom stereocenters. The zero-order valence-corrected chi connectivity index (χ0v) is 20.1. The van der Waals surface area contributed by atoms with E-state index in [4.69, 9.17) is 4.74 Å². The van der Waals surface area contributed by atoms with Crippen LogP contribution in [0.1, 0.15) is 12.0 Å². The van der Waals surface area contributed by atoms with Crippen molar-refractivity contribution in [3.8, 4) is 5.75 Å². The molecule has 10 nitrogen and oxygen atoms in total. The average Bonchev–Trinajstić information content (AvgIpc) is 2.88. The third kappa shape index (κ3) is 7.59. The Bertz CT molecular complexity index is 1270. The highest BCUT2D eigenvalue weighted by Gasteiger charge is 2.33. The van der Waals surface area contributed by atoms with E-state index in [1.807, 2.05) is 0 Å². The van der Waals surface area contributed by atoms with Gasteiger partial charge in [-0.3, -0.25) is 15.0 Å². The maximum Gasteiger partial charge on any atom is 0.418 e. The number of hydrogen-bond acceptors (Lipinski definition) is 5. The maximum atomic E-state index is 13.1. The van der Waals surface area contributed by atoms with Gasteiger partial charge in [0.15, 0.2) is 0 Å². The van der Waals surface area contributed by atoms with Gasteiger partial charge in [-0.1, -0.05) is 12.1 Å². The summed E-state index contributed by atoms with van der Waals surface area (Å²) in [6.45, 7) is 0.183. The largest absolute Gasteiger partial charge is 0.497 e. The minimum Gasteiger partial charge on any atom is -0.497 e. The quantitative estimate of drug-likeness (QED) is 0.181. The van der Waals surface area contributed by atoms with E-state index in [-0.39, 0.29) is 30.9 Å². The summed E-state index contributed by atoms with van der Waals surface area (Å²) in [5.41, 5.74) is -0.630. The van der Waals surface area contributed by atoms with Crippen molar-refractivity contribution in [2.75, 3.05) is 35.7 Å². The van der Waals surface area contributed by atoms with Crippen molar-refractivity contribution in [3.63, 3.8) is 0 Å². The second-order valence-corrected chi connectivity index (χ2v) is 7.86. The van der Waals surface area contributed by atoms with Gasteiger partial charge in [-0.15, -0.1) is 0 Å². The molecule has 0 aliphatic carbocycles. The maximum absolute atomic E-state index is 13.1. The zero-order chi connectivity index (χ0) is 27.7. The molecule has 0 spiro atoms. The van der Waals surface area contributed by atoms with Gasteiger partial charge in [0.2, 0.25) is 0 Å². The van der Waals surface area contributed by atoms with Gasteiger partial charge in [0.25, 0.3) is 5.69 Å². The van der Waals surface area contributed by atoms with E-state index in [0.717, 1.165) is 12.1 Å². The van der Waals surface area contributed by atoms with Crippen LogP contribution >= 0.6 is 0 Å². The van der Waals surface area contributed by atoms with Crippen LogP contribution in [-0.2, 0) is 6.18 Å². The standard InChI is InChI=1S/C25H24F3N5O5/c1-38-20-13-11-18(12-14-20)32(24(35)30-17-7-9-19(10-8-17)33(36)37)16-4-15-29-23(34)31-22-6-3-2-5-21(22)25(26,27)28/h2-3,5-14H,4,15-16H2,1H3,(H,30,35)(H2,29,31,34). The van der Waals surface area contributed by atoms with Crippen LogP contribution in [0.25, 0.3) is 0 Å². The topological polar surface area (TPSA) is 126 Å². The van der Waals surface area contributed by atoms with Crippen LogP contribution in [0.3, 0.4) is 0 Å². The number of nitrogens with zero attached hydrogens (tertiary/aromatic N) is 2. The van der Waals surface area contributed by atoms with Crippen molar-refractivity contribution < 1.29 is 32.4 Å². The Morgan fingerprint density at radius 1 is 0.974 bits per heavy atom. The van der Waals surface area contributed by atoms with Crippen LogP contribution in [0.2, 0.25) is 0 Å². The Kier molecular flexibility index (Phi) is 9.09. The molecule has 0 aliphatic rings. The minimum atomic E-state index is -4.63. The molecular formula is C25H24F3N5O5. The van der Waals surface area contributed by atoms with Gasteiger partial charge in [0.1, 0.15) is 5.75 Å². The molecule has 0 fully saturated rings. The van der Waals surface area contributed by atoms with Crippen molar-refractivity contribution in [1.82, 2.24) is 5.32 Å². The van der Waals surface area contributed by atoms with Crippen molar-refractivity contribution in [3.05, 3.63) is 88.5 Å². The van der Waals surface area contributed by atoms with E-state index in [1.165, 1.54) is 48.4 Å². The molecule has 3 aromatic carbocycles. The number of para-hydroxylation sites is 1. The Labute approximate surface area is 215 Å². The van der Waals surface area contributed by atoms with Crippen LogP contribution in [-0.4, -0.2) is 37.2 Å². The number of nitro groups is 1. The van der Waals surface area contributed by atoms with Gasteiger partial charge in [-0.25, -0.2) is 9.59 Å². The molecule has 0 aromatic heterocycles. The van der Waals surface area contributed by atoms with Crippen molar-refractivity contribution >= 4 is 34.8 Å². The summed E-state index contributed by atoms with van der Waals surface area (Å²) in [6, 6.07) is 15.2. The van der Waals surface area contributed by atoms with E-state index in [2.05, 4.69) is 16.0 Å². The molecule has 200 valence electrons. The minimum absolute atomic E-state index is 0.0531. The number of halogens is 3. The van der Waals surface area contributed by atoms with E-state index >= 15 is 0 Å². The van der Waals surface area contributed by atoms with E-state index in [0.29, 0.717) is 17.1 Å². The van der Waals surface area contributed by atoms with Crippen LogP contribution in [0.15, 0.2) is 72.8 Å². The third-order valence-electron chi connectivity index (χ3n) is 5.28. The lowest BCUT2D eigenvalue weighted by Gasteiger charge is -2.23. The number of nitro benzene ring substituents is 1. The number of hydrogen-bond donors (Lipinski definition) is 3. The summed E-state index contributed by atoms with van der Waals surface area (Å²) in [7, 11) is 1.50. The Morgan fingerprint density at radius 3 is 2.24 bits per heavy atom. The fourth-order valence-corrected chi connectivity index (χ4v) is 3.41. The molecule has 0 saturated carbocycles. The molecule has 3 aromatic rings. The molecule has 0 aliphatic heterocycles. The first-order valence-electron chi connectivity index (χ1n) is 11.3. The molecule has 3 rings (SSSR count). The second kappa shape index (κ2) is 12.4. The SMILES string of the molecule is COc1ccc(N(CCCNC(=O)Nc2ccccc2C(F)(F)F)C(=O)Nc2ccc([N+](=O)[O-])cc2)cc1. The van der Waals surface area contributed by atoms with Crippen molar-refractivity contribution in [2.24, 2.45) is 0 Å². The summed E-state index contributed by atoms with van der Waals surface area (Å²) in [4.78, 5) is 36.9. The Morgan fingerprint density at radius 2 is 1.63 bits per heavy atom. The first-order chi connectivity index (χ1) is 18.1. The molecule has 13 heteroatoms. The number of ether oxygens (including phenoxy) is 1. The van der Waals surface area contributed by atoms with E-state index in [1.54, 1.807) is 24.3 Å². The number of nitrogens with one attached hydrogen (secondary N) is 3. The zero-order valence-electron chi connectivity index (χ0n) is 20.1. The molecule has 38 heavy (non-hydrogen) atoms. The molecule has 0 radical (unpaired) electrons. The lowest BCUT2D eigenvalue weighted by atomic mass is 10.1. The number of non-ortho nitro benzene ring substituents is 1. The number of amides is 4. The van der Waals surface area contributed by atoms with Gasteiger partial charge in [0, 0.05) is 36.6 Å². The number of alkyl halides is 3. The summed E-state index contributed by atoms with van der Waals surface area (Å²) < 4.78 is 44.6. The molecule has 0 bridgehead atoms. The van der Waals surface area contributed by atoms with Gasteiger partial charge >= 0.3 is 18.2 Å². The Hall–Kier alpha value is -4.81. The predicted molar refractivity (Wildman–Crippen MR) is 136 cm³/mol. The molecular weight excluding hydrogens is 507 g/mol. The van der Waals surface area contributed by atoms with Crippen molar-refractivity contribution in [2.45, 2.75) is 12.6 Å². The molecule has 4 amide bonds. The van der Waals surface area contributed by atoms with E-state index < -0.39 is 28.7 Å². The first-order valence-corrected chi connectivity index (χ1v) is 11.3. The number of urea groups is 2. The van der Waals surface area contributed by atoms with Gasteiger partial charge in [0.05, 0.1) is 23.3 Å². The summed E-state index contributed by atoms with van der Waals surface area (Å²) in [5, 5.41) is 18.2. The predicted octanol–water partition coefficient (Wildman–Crippen LogP) is 5.87. The van der Waals surface area contributed by atoms with Crippen LogP contribution in [0, 0.1) is 10.1 Å². The summed E-state index contributed by atoms with van der Waals surface area (Å²) in [6.07, 6.45) is -4.37. The number of rotatable bonds is 9. The Balaban J connectivity index is 1.63. The first kappa shape index (κ1) is 27.8. The smallest absolute Gasteiger partial charge is 0.418 e. The van der Waals surface area contributed by atoms with Gasteiger partial charge in [-0.2, -0.15) is 13.2 Å². The second-order valence-electron chi connectivity index (χ2n) is 7.86. The molecule has 3 N–H and O–H groups in total. The lowest BCUT2D eigenvalue weighted by molar-refractivity contribution is -0.384. The highest BCUT2D eigenvalue weighted by Crippen LogP contribution is 2.34. The highest BCUT2D eigenvalue weighted by molar-refractivity contribution is 6.01. The highest BCUT2D eigenvalue weighted by atomic mass is 19.4. The fourth-order valence-electron chi connectivity index (χ4n) is 3.41. The molecule has 0 heterocycles. The van der Waals surface area contributed by atoms with E-state index in [9.17, 15) is 32.9 Å². The van der Waals surface area contributed by atoms with Crippen LogP contribution < -0.4 is 25.6 Å².